The standard InChI is InChI=1S/C12H16F2O7S/c1-7(2)10(15)20-8-3-5-9(6-4-8)21-11(16)12(13,14)22(17,18)19/h8-9H,1,3-6H2,2H3,(H,17,18,19)/p-1. The lowest BCUT2D eigenvalue weighted by Crippen LogP contribution is -2.42. The monoisotopic (exact) mass is 341 g/mol. The van der Waals surface area contributed by atoms with E-state index in [-0.39, 0.29) is 31.3 Å². The van der Waals surface area contributed by atoms with Gasteiger partial charge in [0.1, 0.15) is 12.2 Å². The van der Waals surface area contributed by atoms with Crippen LogP contribution in [0.15, 0.2) is 12.2 Å². The van der Waals surface area contributed by atoms with Gasteiger partial charge >= 0.3 is 17.2 Å². The molecular weight excluding hydrogens is 326 g/mol. The van der Waals surface area contributed by atoms with Crippen molar-refractivity contribution in [3.63, 3.8) is 0 Å². The molecule has 0 aromatic carbocycles. The van der Waals surface area contributed by atoms with Crippen molar-refractivity contribution in [2.24, 2.45) is 0 Å². The highest BCUT2D eigenvalue weighted by molar-refractivity contribution is 7.87. The van der Waals surface area contributed by atoms with E-state index in [0.717, 1.165) is 0 Å². The minimum Gasteiger partial charge on any atom is -0.743 e. The lowest BCUT2D eigenvalue weighted by atomic mass is 9.95. The van der Waals surface area contributed by atoms with Crippen molar-refractivity contribution >= 4 is 22.1 Å². The van der Waals surface area contributed by atoms with E-state index < -0.39 is 39.5 Å². The largest absolute Gasteiger partial charge is 0.743 e. The molecule has 0 saturated heterocycles. The Bertz CT molecular complexity index is 562. The average molecular weight is 341 g/mol. The van der Waals surface area contributed by atoms with Crippen LogP contribution in [0.25, 0.3) is 0 Å². The van der Waals surface area contributed by atoms with Gasteiger partial charge in [0, 0.05) is 5.57 Å². The second kappa shape index (κ2) is 6.69. The molecule has 1 fully saturated rings. The summed E-state index contributed by atoms with van der Waals surface area (Å²) in [6.45, 7) is 4.88. The molecule has 0 bridgehead atoms. The van der Waals surface area contributed by atoms with E-state index in [1.807, 2.05) is 0 Å². The van der Waals surface area contributed by atoms with Gasteiger partial charge < -0.3 is 14.0 Å². The van der Waals surface area contributed by atoms with Crippen LogP contribution >= 0.6 is 0 Å². The number of esters is 2. The van der Waals surface area contributed by atoms with Gasteiger partial charge in [0.05, 0.1) is 0 Å². The summed E-state index contributed by atoms with van der Waals surface area (Å²) in [7, 11) is -6.13. The molecule has 0 N–H and O–H groups in total. The Morgan fingerprint density at radius 3 is 1.91 bits per heavy atom. The van der Waals surface area contributed by atoms with Crippen LogP contribution in [0.5, 0.6) is 0 Å². The topological polar surface area (TPSA) is 110 Å². The molecule has 1 aliphatic rings. The van der Waals surface area contributed by atoms with Crippen molar-refractivity contribution in [1.29, 1.82) is 0 Å². The van der Waals surface area contributed by atoms with E-state index >= 15 is 0 Å². The summed E-state index contributed by atoms with van der Waals surface area (Å²) in [5.74, 6) is -2.96. The molecule has 0 unspecified atom stereocenters. The van der Waals surface area contributed by atoms with E-state index in [2.05, 4.69) is 11.3 Å². The third kappa shape index (κ3) is 4.47. The summed E-state index contributed by atoms with van der Waals surface area (Å²) in [6, 6.07) is 0. The second-order valence-electron chi connectivity index (χ2n) is 4.96. The van der Waals surface area contributed by atoms with E-state index in [9.17, 15) is 31.3 Å². The summed E-state index contributed by atoms with van der Waals surface area (Å²) in [4.78, 5) is 22.4. The Hall–Kier alpha value is -1.55. The van der Waals surface area contributed by atoms with Crippen molar-refractivity contribution in [1.82, 2.24) is 0 Å². The van der Waals surface area contributed by atoms with Crippen molar-refractivity contribution < 1.29 is 40.8 Å². The van der Waals surface area contributed by atoms with E-state index in [0.29, 0.717) is 0 Å². The minimum absolute atomic E-state index is 0.106. The van der Waals surface area contributed by atoms with Crippen LogP contribution in [0.2, 0.25) is 0 Å². The maximum Gasteiger partial charge on any atom is 0.428 e. The molecule has 1 aliphatic carbocycles. The number of halogens is 2. The zero-order chi connectivity index (χ0) is 17.1. The number of alkyl halides is 2. The molecule has 1 rings (SSSR count). The quantitative estimate of drug-likeness (QED) is 0.418. The van der Waals surface area contributed by atoms with Crippen LogP contribution < -0.4 is 0 Å². The van der Waals surface area contributed by atoms with Crippen LogP contribution in [0, 0.1) is 0 Å². The van der Waals surface area contributed by atoms with Gasteiger partial charge in [-0.3, -0.25) is 0 Å². The van der Waals surface area contributed by atoms with Crippen molar-refractivity contribution in [2.75, 3.05) is 0 Å². The fraction of sp³-hybridized carbons (Fsp3) is 0.667. The van der Waals surface area contributed by atoms with Gasteiger partial charge in [0.25, 0.3) is 0 Å². The predicted molar refractivity (Wildman–Crippen MR) is 67.7 cm³/mol. The number of rotatable bonds is 5. The van der Waals surface area contributed by atoms with Gasteiger partial charge in [-0.2, -0.15) is 8.78 Å². The van der Waals surface area contributed by atoms with Crippen molar-refractivity contribution in [3.8, 4) is 0 Å². The molecule has 1 saturated carbocycles. The Kier molecular flexibility index (Phi) is 5.63. The lowest BCUT2D eigenvalue weighted by Gasteiger charge is -2.29. The highest BCUT2D eigenvalue weighted by Crippen LogP contribution is 2.28. The molecule has 0 aromatic rings. The highest BCUT2D eigenvalue weighted by Gasteiger charge is 2.49. The van der Waals surface area contributed by atoms with E-state index in [1.165, 1.54) is 6.92 Å². The van der Waals surface area contributed by atoms with Crippen LogP contribution in [0.4, 0.5) is 8.78 Å². The molecule has 10 heteroatoms. The molecule has 0 heterocycles. The Morgan fingerprint density at radius 2 is 1.55 bits per heavy atom. The predicted octanol–water partition coefficient (Wildman–Crippen LogP) is 1.10. The molecule has 0 amide bonds. The summed E-state index contributed by atoms with van der Waals surface area (Å²) in [5, 5.41) is -5.11. The maximum atomic E-state index is 13.0. The number of carbonyl (C=O) groups excluding carboxylic acids is 2. The Morgan fingerprint density at radius 1 is 1.14 bits per heavy atom. The molecule has 22 heavy (non-hydrogen) atoms. The van der Waals surface area contributed by atoms with Gasteiger partial charge in [-0.1, -0.05) is 6.58 Å². The first-order valence-electron chi connectivity index (χ1n) is 6.36. The van der Waals surface area contributed by atoms with Gasteiger partial charge in [0.2, 0.25) is 0 Å². The first-order chi connectivity index (χ1) is 9.95. The Labute approximate surface area is 126 Å². The average Bonchev–Trinajstić information content (AvgIpc) is 2.39. The lowest BCUT2D eigenvalue weighted by molar-refractivity contribution is -0.171. The molecule has 0 aromatic heterocycles. The fourth-order valence-corrected chi connectivity index (χ4v) is 2.09. The number of ether oxygens (including phenoxy) is 2. The fourth-order valence-electron chi connectivity index (χ4n) is 1.84. The van der Waals surface area contributed by atoms with Gasteiger partial charge in [-0.15, -0.1) is 0 Å². The molecule has 0 atom stereocenters. The van der Waals surface area contributed by atoms with Crippen molar-refractivity contribution in [3.05, 3.63) is 12.2 Å². The normalized spacial score (nSPS) is 22.7. The van der Waals surface area contributed by atoms with E-state index in [1.54, 1.807) is 0 Å². The first kappa shape index (κ1) is 18.5. The molecule has 0 radical (unpaired) electrons. The van der Waals surface area contributed by atoms with Crippen molar-refractivity contribution in [2.45, 2.75) is 50.1 Å². The summed E-state index contributed by atoms with van der Waals surface area (Å²) < 4.78 is 66.2. The summed E-state index contributed by atoms with van der Waals surface area (Å²) >= 11 is 0. The summed E-state index contributed by atoms with van der Waals surface area (Å²) in [5.41, 5.74) is 0.217. The number of hydrogen-bond donors (Lipinski definition) is 0. The SMILES string of the molecule is C=C(C)C(=O)OC1CCC(OC(=O)C(F)(F)S(=O)(=O)[O-])CC1. The molecule has 0 aliphatic heterocycles. The third-order valence-electron chi connectivity index (χ3n) is 3.07. The van der Waals surface area contributed by atoms with E-state index in [4.69, 9.17) is 4.74 Å². The Balaban J connectivity index is 2.51. The van der Waals surface area contributed by atoms with Crippen LogP contribution in [-0.4, -0.2) is 42.4 Å². The maximum absolute atomic E-state index is 13.0. The third-order valence-corrected chi connectivity index (χ3v) is 3.86. The second-order valence-corrected chi connectivity index (χ2v) is 6.38. The molecule has 7 nitrogen and oxygen atoms in total. The number of hydrogen-bond acceptors (Lipinski definition) is 7. The molecular formula is C12H15F2O7S-. The first-order valence-corrected chi connectivity index (χ1v) is 7.76. The van der Waals surface area contributed by atoms with Crippen LogP contribution in [-0.2, 0) is 29.2 Å². The molecule has 0 spiro atoms. The van der Waals surface area contributed by atoms with Gasteiger partial charge in [0.15, 0.2) is 10.1 Å². The van der Waals surface area contributed by atoms with Gasteiger partial charge in [-0.25, -0.2) is 18.0 Å². The van der Waals surface area contributed by atoms with Crippen LogP contribution in [0.3, 0.4) is 0 Å². The smallest absolute Gasteiger partial charge is 0.428 e. The zero-order valence-electron chi connectivity index (χ0n) is 11.7. The van der Waals surface area contributed by atoms with Crippen LogP contribution in [0.1, 0.15) is 32.6 Å². The summed E-state index contributed by atoms with van der Waals surface area (Å²) in [6.07, 6.45) is -0.689. The number of carbonyl (C=O) groups is 2. The molecule has 126 valence electrons. The minimum atomic E-state index is -6.13. The zero-order valence-corrected chi connectivity index (χ0v) is 12.5. The van der Waals surface area contributed by atoms with Gasteiger partial charge in [-0.05, 0) is 32.6 Å². The highest BCUT2D eigenvalue weighted by atomic mass is 32.2.